The van der Waals surface area contributed by atoms with Gasteiger partial charge in [-0.05, 0) is 0 Å². The summed E-state index contributed by atoms with van der Waals surface area (Å²) in [5.74, 6) is 1.06. The van der Waals surface area contributed by atoms with Crippen molar-refractivity contribution in [3.8, 4) is 5.75 Å². The Balaban J connectivity index is 0.00000289. The van der Waals surface area contributed by atoms with E-state index in [-0.39, 0.29) is 27.8 Å². The first kappa shape index (κ1) is 18.3. The normalized spacial score (nSPS) is 12.1. The molecule has 3 heteroatoms. The largest absolute Gasteiger partial charge is 1.00 e. The van der Waals surface area contributed by atoms with Crippen LogP contribution in [0.25, 0.3) is 0 Å². The maximum atomic E-state index is 5.69. The molecule has 0 fully saturated rings. The van der Waals surface area contributed by atoms with E-state index in [0.29, 0.717) is 0 Å². The van der Waals surface area contributed by atoms with E-state index >= 15 is 0 Å². The minimum Gasteiger partial charge on any atom is -1.00 e. The summed E-state index contributed by atoms with van der Waals surface area (Å²) < 4.78 is 7.02. The zero-order chi connectivity index (χ0) is 13.4. The van der Waals surface area contributed by atoms with Crippen molar-refractivity contribution in [3.05, 3.63) is 23.3 Å². The van der Waals surface area contributed by atoms with Crippen LogP contribution >= 0.6 is 0 Å². The number of methoxy groups -OCH3 is 1. The molecular formula is C15H23BrMgO. The third kappa shape index (κ3) is 4.14. The fourth-order valence-corrected chi connectivity index (χ4v) is 2.43. The fourth-order valence-electron chi connectivity index (χ4n) is 2.02. The van der Waals surface area contributed by atoms with E-state index in [4.69, 9.17) is 4.74 Å². The van der Waals surface area contributed by atoms with Gasteiger partial charge in [-0.15, -0.1) is 0 Å². The van der Waals surface area contributed by atoms with Crippen LogP contribution in [0.15, 0.2) is 12.1 Å². The predicted molar refractivity (Wildman–Crippen MR) is 75.8 cm³/mol. The number of halogens is 1. The first-order valence-electron chi connectivity index (χ1n) is 6.12. The first-order valence-corrected chi connectivity index (χ1v) is 6.83. The molecule has 18 heavy (non-hydrogen) atoms. The van der Waals surface area contributed by atoms with Crippen LogP contribution in [0, 0.1) is 0 Å². The van der Waals surface area contributed by atoms with Gasteiger partial charge < -0.3 is 17.0 Å². The Labute approximate surface area is 135 Å². The summed E-state index contributed by atoms with van der Waals surface area (Å²) >= 11 is 1.94. The van der Waals surface area contributed by atoms with Gasteiger partial charge in [0.25, 0.3) is 0 Å². The molecule has 0 amide bonds. The van der Waals surface area contributed by atoms with Gasteiger partial charge in [-0.25, -0.2) is 0 Å². The standard InChI is InChI=1S/C15H23O.BrH.Mg/c1-14(2,3)11-9-8-10-12(13(11)16-7)15(4,5)6;;/h9-10H,1-7H3;1H;/q;;+1/p-1. The molecule has 0 bridgehead atoms. The number of ether oxygens (including phenoxy) is 1. The van der Waals surface area contributed by atoms with Gasteiger partial charge in [-0.1, -0.05) is 0 Å². The van der Waals surface area contributed by atoms with Crippen molar-refractivity contribution in [1.29, 1.82) is 0 Å². The molecule has 1 nitrogen and oxygen atoms in total. The summed E-state index contributed by atoms with van der Waals surface area (Å²) in [5, 5.41) is 0. The van der Waals surface area contributed by atoms with E-state index in [0.717, 1.165) is 5.75 Å². The average Bonchev–Trinajstić information content (AvgIpc) is 2.13. The molecule has 0 atom stereocenters. The molecule has 0 N–H and O–H groups in total. The minimum atomic E-state index is 0. The van der Waals surface area contributed by atoms with E-state index in [2.05, 4.69) is 53.7 Å². The van der Waals surface area contributed by atoms with E-state index < -0.39 is 0 Å². The molecule has 0 aliphatic heterocycles. The van der Waals surface area contributed by atoms with Crippen molar-refractivity contribution in [3.63, 3.8) is 0 Å². The molecule has 0 heterocycles. The van der Waals surface area contributed by atoms with Gasteiger partial charge in [-0.3, -0.25) is 0 Å². The molecule has 0 unspecified atom stereocenters. The average molecular weight is 324 g/mol. The molecular weight excluding hydrogens is 300 g/mol. The third-order valence-corrected chi connectivity index (χ3v) is 3.38. The second kappa shape index (κ2) is 6.14. The Morgan fingerprint density at radius 1 is 0.889 bits per heavy atom. The molecule has 1 aromatic carbocycles. The Bertz CT molecular complexity index is 378. The summed E-state index contributed by atoms with van der Waals surface area (Å²) in [4.78, 5) is 0. The van der Waals surface area contributed by atoms with Crippen LogP contribution in [0.5, 0.6) is 5.75 Å². The van der Waals surface area contributed by atoms with Crippen LogP contribution in [0.3, 0.4) is 0 Å². The molecule has 0 spiro atoms. The molecule has 0 aliphatic rings. The van der Waals surface area contributed by atoms with E-state index in [1.54, 1.807) is 7.11 Å². The van der Waals surface area contributed by atoms with E-state index in [1.807, 2.05) is 21.7 Å². The van der Waals surface area contributed by atoms with Crippen molar-refractivity contribution in [2.45, 2.75) is 52.4 Å². The quantitative estimate of drug-likeness (QED) is 0.666. The van der Waals surface area contributed by atoms with Gasteiger partial charge in [0, 0.05) is 0 Å². The number of benzene rings is 1. The topological polar surface area (TPSA) is 9.23 Å². The van der Waals surface area contributed by atoms with Crippen molar-refractivity contribution >= 4 is 25.4 Å². The van der Waals surface area contributed by atoms with Gasteiger partial charge in [0.2, 0.25) is 0 Å². The van der Waals surface area contributed by atoms with Crippen LogP contribution in [-0.4, -0.2) is 28.8 Å². The van der Waals surface area contributed by atoms with Crippen molar-refractivity contribution in [2.24, 2.45) is 0 Å². The summed E-state index contributed by atoms with van der Waals surface area (Å²) in [5.41, 5.74) is 2.83. The minimum absolute atomic E-state index is 0. The number of rotatable bonds is 1. The zero-order valence-electron chi connectivity index (χ0n) is 12.6. The Hall–Kier alpha value is 0.266. The molecule has 0 saturated heterocycles. The molecule has 98 valence electrons. The van der Waals surface area contributed by atoms with Gasteiger partial charge in [0.1, 0.15) is 0 Å². The van der Waals surface area contributed by atoms with Gasteiger partial charge in [-0.2, -0.15) is 0 Å². The maximum Gasteiger partial charge on any atom is -1.00 e. The summed E-state index contributed by atoms with van der Waals surface area (Å²) in [6.45, 7) is 13.4. The van der Waals surface area contributed by atoms with E-state index in [1.165, 1.54) is 14.8 Å². The van der Waals surface area contributed by atoms with E-state index in [9.17, 15) is 0 Å². The molecule has 0 saturated carbocycles. The zero-order valence-corrected chi connectivity index (χ0v) is 15.6. The van der Waals surface area contributed by atoms with Gasteiger partial charge >= 0.3 is 119 Å². The Morgan fingerprint density at radius 3 is 1.44 bits per heavy atom. The van der Waals surface area contributed by atoms with Crippen LogP contribution in [0.4, 0.5) is 0 Å². The first-order chi connectivity index (χ1) is 7.57. The monoisotopic (exact) mass is 322 g/mol. The molecule has 0 aliphatic carbocycles. The maximum absolute atomic E-state index is 5.69. The molecule has 1 rings (SSSR count). The summed E-state index contributed by atoms with van der Waals surface area (Å²) in [7, 11) is 1.78. The third-order valence-electron chi connectivity index (χ3n) is 2.97. The van der Waals surface area contributed by atoms with Gasteiger partial charge in [0.15, 0.2) is 0 Å². The number of hydrogen-bond donors (Lipinski definition) is 0. The van der Waals surface area contributed by atoms with Crippen LogP contribution in [0.2, 0.25) is 0 Å². The Kier molecular flexibility index (Phi) is 6.24. The molecule has 0 radical (unpaired) electrons. The molecule has 0 aromatic heterocycles. The number of hydrogen-bond acceptors (Lipinski definition) is 1. The second-order valence-electron chi connectivity index (χ2n) is 6.72. The van der Waals surface area contributed by atoms with Crippen LogP contribution < -0.4 is 25.4 Å². The van der Waals surface area contributed by atoms with Crippen molar-refractivity contribution in [1.82, 2.24) is 0 Å². The van der Waals surface area contributed by atoms with Gasteiger partial charge in [0.05, 0.1) is 0 Å². The molecule has 1 aromatic rings. The smallest absolute Gasteiger partial charge is 1.00 e. The summed E-state index contributed by atoms with van der Waals surface area (Å²) in [6.07, 6.45) is 0. The summed E-state index contributed by atoms with van der Waals surface area (Å²) in [6, 6.07) is 4.51. The second-order valence-corrected chi connectivity index (χ2v) is 7.54. The van der Waals surface area contributed by atoms with Crippen molar-refractivity contribution in [2.75, 3.05) is 7.11 Å². The van der Waals surface area contributed by atoms with Crippen LogP contribution in [-0.2, 0) is 10.8 Å². The Morgan fingerprint density at radius 2 is 1.22 bits per heavy atom. The SMILES string of the molecule is COc1c(C(C)(C)C)c[c]([Mg+])cc1C(C)(C)C.[Br-]. The van der Waals surface area contributed by atoms with Crippen molar-refractivity contribution < 1.29 is 21.7 Å². The fraction of sp³-hybridized carbons (Fsp3) is 0.600. The predicted octanol–water partition coefficient (Wildman–Crippen LogP) is 0.0880. The van der Waals surface area contributed by atoms with Crippen LogP contribution in [0.1, 0.15) is 52.7 Å².